The second-order valence-corrected chi connectivity index (χ2v) is 2.32. The van der Waals surface area contributed by atoms with Crippen LogP contribution in [-0.2, 0) is 0 Å². The highest BCUT2D eigenvalue weighted by atomic mass is 19.3. The lowest BCUT2D eigenvalue weighted by atomic mass is 10.2. The van der Waals surface area contributed by atoms with E-state index in [9.17, 15) is 8.78 Å². The average Bonchev–Trinajstić information content (AvgIpc) is 2.03. The summed E-state index contributed by atoms with van der Waals surface area (Å²) >= 11 is 0. The Morgan fingerprint density at radius 2 is 2.00 bits per heavy atom. The van der Waals surface area contributed by atoms with Crippen LogP contribution in [0.5, 0.6) is 5.75 Å². The number of benzene rings is 1. The minimum Gasteiger partial charge on any atom is -0.512 e. The van der Waals surface area contributed by atoms with Crippen LogP contribution in [-0.4, -0.2) is 17.4 Å². The molecule has 0 aromatic heterocycles. The Labute approximate surface area is 73.8 Å². The molecule has 0 aliphatic heterocycles. The van der Waals surface area contributed by atoms with Gasteiger partial charge >= 0.3 is 7.32 Å². The fraction of sp³-hybridized carbons (Fsp3) is 0.143. The Kier molecular flexibility index (Phi) is 3.22. The van der Waals surface area contributed by atoms with Crippen LogP contribution in [0.4, 0.5) is 8.78 Å². The summed E-state index contributed by atoms with van der Waals surface area (Å²) in [5, 5.41) is 16.8. The molecule has 13 heavy (non-hydrogen) atoms. The first-order valence-electron chi connectivity index (χ1n) is 3.50. The van der Waals surface area contributed by atoms with Crippen molar-refractivity contribution in [2.24, 2.45) is 0 Å². The van der Waals surface area contributed by atoms with Crippen LogP contribution < -0.4 is 4.65 Å². The van der Waals surface area contributed by atoms with Crippen molar-refractivity contribution in [3.05, 3.63) is 29.8 Å². The van der Waals surface area contributed by atoms with E-state index >= 15 is 0 Å². The first-order valence-corrected chi connectivity index (χ1v) is 3.50. The monoisotopic (exact) mass is 188 g/mol. The molecule has 1 aromatic rings. The minimum absolute atomic E-state index is 0.00667. The second-order valence-electron chi connectivity index (χ2n) is 2.32. The van der Waals surface area contributed by atoms with Gasteiger partial charge in [0.2, 0.25) is 0 Å². The van der Waals surface area contributed by atoms with Crippen molar-refractivity contribution in [1.29, 1.82) is 0 Å². The highest BCUT2D eigenvalue weighted by molar-refractivity contribution is 6.33. The van der Waals surface area contributed by atoms with E-state index in [1.807, 2.05) is 0 Å². The maximum absolute atomic E-state index is 12.1. The predicted molar refractivity (Wildman–Crippen MR) is 42.2 cm³/mol. The molecule has 0 atom stereocenters. The first-order chi connectivity index (χ1) is 6.09. The molecule has 0 amide bonds. The van der Waals surface area contributed by atoms with Crippen molar-refractivity contribution in [3.8, 4) is 5.75 Å². The van der Waals surface area contributed by atoms with Gasteiger partial charge in [0, 0.05) is 5.56 Å². The molecule has 0 bridgehead atoms. The second kappa shape index (κ2) is 4.20. The van der Waals surface area contributed by atoms with Crippen molar-refractivity contribution in [1.82, 2.24) is 0 Å². The summed E-state index contributed by atoms with van der Waals surface area (Å²) in [5.74, 6) is -0.00667. The van der Waals surface area contributed by atoms with Gasteiger partial charge in [-0.05, 0) is 12.1 Å². The summed E-state index contributed by atoms with van der Waals surface area (Å²) in [4.78, 5) is 0. The Bertz CT molecular complexity index is 280. The third-order valence-corrected chi connectivity index (χ3v) is 1.35. The molecule has 0 radical (unpaired) electrons. The summed E-state index contributed by atoms with van der Waals surface area (Å²) in [5.41, 5.74) is -0.224. The van der Waals surface area contributed by atoms with Crippen molar-refractivity contribution in [2.75, 3.05) is 0 Å². The van der Waals surface area contributed by atoms with Crippen LogP contribution in [0.2, 0.25) is 0 Å². The highest BCUT2D eigenvalue weighted by Gasteiger charge is 2.13. The molecule has 0 unspecified atom stereocenters. The van der Waals surface area contributed by atoms with E-state index in [0.29, 0.717) is 0 Å². The molecule has 2 N–H and O–H groups in total. The van der Waals surface area contributed by atoms with Gasteiger partial charge in [0.05, 0.1) is 0 Å². The van der Waals surface area contributed by atoms with Crippen LogP contribution >= 0.6 is 0 Å². The predicted octanol–water partition coefficient (Wildman–Crippen LogP) is 0.973. The summed E-state index contributed by atoms with van der Waals surface area (Å²) in [6.07, 6.45) is -2.60. The van der Waals surface area contributed by atoms with Crippen molar-refractivity contribution in [2.45, 2.75) is 6.43 Å². The molecule has 1 aromatic carbocycles. The number of hydrogen-bond donors (Lipinski definition) is 2. The Balaban J connectivity index is 2.79. The lowest BCUT2D eigenvalue weighted by Gasteiger charge is -2.05. The SMILES string of the molecule is OB(O)Oc1cccc(C(F)F)c1. The van der Waals surface area contributed by atoms with E-state index in [1.54, 1.807) is 0 Å². The lowest BCUT2D eigenvalue weighted by Crippen LogP contribution is -2.20. The zero-order chi connectivity index (χ0) is 9.84. The molecule has 0 aliphatic rings. The van der Waals surface area contributed by atoms with E-state index in [4.69, 9.17) is 10.0 Å². The molecule has 0 fully saturated rings. The molecule has 70 valence electrons. The van der Waals surface area contributed by atoms with Crippen molar-refractivity contribution >= 4 is 7.32 Å². The lowest BCUT2D eigenvalue weighted by molar-refractivity contribution is 0.151. The zero-order valence-electron chi connectivity index (χ0n) is 6.52. The van der Waals surface area contributed by atoms with E-state index in [2.05, 4.69) is 4.65 Å². The third-order valence-electron chi connectivity index (χ3n) is 1.35. The fourth-order valence-corrected chi connectivity index (χ4v) is 0.845. The molecular weight excluding hydrogens is 181 g/mol. The van der Waals surface area contributed by atoms with Crippen LogP contribution in [0, 0.1) is 0 Å². The molecule has 0 heterocycles. The van der Waals surface area contributed by atoms with Crippen LogP contribution in [0.15, 0.2) is 24.3 Å². The number of hydrogen-bond acceptors (Lipinski definition) is 3. The van der Waals surface area contributed by atoms with Crippen molar-refractivity contribution < 1.29 is 23.5 Å². The average molecular weight is 188 g/mol. The summed E-state index contributed by atoms with van der Waals surface area (Å²) in [6.45, 7) is 0. The number of halogens is 2. The van der Waals surface area contributed by atoms with Crippen LogP contribution in [0.3, 0.4) is 0 Å². The van der Waals surface area contributed by atoms with Gasteiger partial charge in [-0.3, -0.25) is 0 Å². The third kappa shape index (κ3) is 3.00. The number of alkyl halides is 2. The molecule has 0 saturated heterocycles. The zero-order valence-corrected chi connectivity index (χ0v) is 6.52. The van der Waals surface area contributed by atoms with Gasteiger partial charge in [-0.25, -0.2) is 8.78 Å². The quantitative estimate of drug-likeness (QED) is 0.694. The Morgan fingerprint density at radius 3 is 2.54 bits per heavy atom. The van der Waals surface area contributed by atoms with Gasteiger partial charge in [0.25, 0.3) is 6.43 Å². The van der Waals surface area contributed by atoms with Gasteiger partial charge in [0.15, 0.2) is 0 Å². The molecule has 0 aliphatic carbocycles. The Morgan fingerprint density at radius 1 is 1.31 bits per heavy atom. The molecular formula is C7H7BF2O3. The summed E-state index contributed by atoms with van der Waals surface area (Å²) in [7, 11) is -1.99. The minimum atomic E-state index is -2.60. The van der Waals surface area contributed by atoms with E-state index < -0.39 is 13.7 Å². The smallest absolute Gasteiger partial charge is 0.512 e. The van der Waals surface area contributed by atoms with Gasteiger partial charge < -0.3 is 14.7 Å². The normalized spacial score (nSPS) is 10.2. The van der Waals surface area contributed by atoms with Gasteiger partial charge in [-0.2, -0.15) is 0 Å². The fourth-order valence-electron chi connectivity index (χ4n) is 0.845. The molecule has 0 spiro atoms. The summed E-state index contributed by atoms with van der Waals surface area (Å²) < 4.78 is 28.6. The van der Waals surface area contributed by atoms with Crippen molar-refractivity contribution in [3.63, 3.8) is 0 Å². The largest absolute Gasteiger partial charge is 0.707 e. The van der Waals surface area contributed by atoms with E-state index in [0.717, 1.165) is 6.07 Å². The van der Waals surface area contributed by atoms with Gasteiger partial charge in [0.1, 0.15) is 5.75 Å². The molecule has 6 heteroatoms. The maximum atomic E-state index is 12.1. The van der Waals surface area contributed by atoms with E-state index in [1.165, 1.54) is 18.2 Å². The summed E-state index contributed by atoms with van der Waals surface area (Å²) in [6, 6.07) is 4.97. The van der Waals surface area contributed by atoms with Gasteiger partial charge in [-0.1, -0.05) is 12.1 Å². The molecule has 3 nitrogen and oxygen atoms in total. The van der Waals surface area contributed by atoms with Crippen LogP contribution in [0.25, 0.3) is 0 Å². The molecule has 1 rings (SSSR count). The topological polar surface area (TPSA) is 49.7 Å². The number of rotatable bonds is 3. The molecule has 0 saturated carbocycles. The first kappa shape index (κ1) is 9.95. The maximum Gasteiger partial charge on any atom is 0.707 e. The highest BCUT2D eigenvalue weighted by Crippen LogP contribution is 2.22. The standard InChI is InChI=1S/C7H7BF2O3/c9-7(10)5-2-1-3-6(4-5)13-8(11)12/h1-4,7,11-12H. The van der Waals surface area contributed by atoms with Crippen LogP contribution in [0.1, 0.15) is 12.0 Å². The van der Waals surface area contributed by atoms with E-state index in [-0.39, 0.29) is 11.3 Å². The Hall–Kier alpha value is -1.14. The van der Waals surface area contributed by atoms with Gasteiger partial charge in [-0.15, -0.1) is 0 Å².